The molecule has 0 unspecified atom stereocenters. The molecule has 0 atom stereocenters. The third-order valence-corrected chi connectivity index (χ3v) is 5.91. The minimum atomic E-state index is -0.299. The standard InChI is InChI=1S/C24H34N4O2/c1-16-15-25-21(27-16)22(30)28-20-7-6-18(24(4,5)26-12-13-29)14-19(20)17-8-10-23(2,3)11-9-17/h6-8,14-15,26,29H,9-13H2,1-5H3,(H,25,27)(H,28,30). The fourth-order valence-electron chi connectivity index (χ4n) is 3.81. The van der Waals surface area contributed by atoms with E-state index in [1.165, 1.54) is 5.57 Å². The fraction of sp³-hybridized carbons (Fsp3) is 0.500. The summed E-state index contributed by atoms with van der Waals surface area (Å²) in [7, 11) is 0. The van der Waals surface area contributed by atoms with Crippen LogP contribution in [0.25, 0.3) is 5.57 Å². The Morgan fingerprint density at radius 3 is 2.70 bits per heavy atom. The summed E-state index contributed by atoms with van der Waals surface area (Å²) in [5.41, 5.74) is 5.01. The monoisotopic (exact) mass is 410 g/mol. The third kappa shape index (κ3) is 5.18. The molecule has 162 valence electrons. The lowest BCUT2D eigenvalue weighted by molar-refractivity contribution is 0.101. The van der Waals surface area contributed by atoms with E-state index in [2.05, 4.69) is 60.4 Å². The van der Waals surface area contributed by atoms with Crippen molar-refractivity contribution in [1.29, 1.82) is 0 Å². The van der Waals surface area contributed by atoms with Crippen LogP contribution in [0.3, 0.4) is 0 Å². The molecule has 1 aliphatic rings. The predicted molar refractivity (Wildman–Crippen MR) is 121 cm³/mol. The number of hydrogen-bond donors (Lipinski definition) is 4. The van der Waals surface area contributed by atoms with Crippen LogP contribution >= 0.6 is 0 Å². The molecule has 1 aromatic heterocycles. The van der Waals surface area contributed by atoms with Crippen LogP contribution in [0.15, 0.2) is 30.5 Å². The fourth-order valence-corrected chi connectivity index (χ4v) is 3.81. The number of amides is 1. The number of aliphatic hydroxyl groups excluding tert-OH is 1. The Bertz CT molecular complexity index is 940. The highest BCUT2D eigenvalue weighted by Crippen LogP contribution is 2.41. The van der Waals surface area contributed by atoms with Crippen molar-refractivity contribution in [3.63, 3.8) is 0 Å². The van der Waals surface area contributed by atoms with Crippen LogP contribution in [0.4, 0.5) is 5.69 Å². The summed E-state index contributed by atoms with van der Waals surface area (Å²) in [6.07, 6.45) is 7.14. The van der Waals surface area contributed by atoms with Crippen molar-refractivity contribution in [2.45, 2.75) is 59.4 Å². The van der Waals surface area contributed by atoms with Crippen LogP contribution in [0.2, 0.25) is 0 Å². The van der Waals surface area contributed by atoms with Gasteiger partial charge >= 0.3 is 0 Å². The second-order valence-corrected chi connectivity index (χ2v) is 9.48. The number of nitrogens with one attached hydrogen (secondary N) is 3. The summed E-state index contributed by atoms with van der Waals surface area (Å²) in [6, 6.07) is 6.17. The first kappa shape index (κ1) is 22.2. The molecule has 1 aromatic carbocycles. The molecule has 6 nitrogen and oxygen atoms in total. The van der Waals surface area contributed by atoms with E-state index >= 15 is 0 Å². The molecule has 6 heteroatoms. The zero-order chi connectivity index (χ0) is 21.9. The zero-order valence-electron chi connectivity index (χ0n) is 18.7. The van der Waals surface area contributed by atoms with Gasteiger partial charge in [-0.3, -0.25) is 4.79 Å². The van der Waals surface area contributed by atoms with Crippen molar-refractivity contribution in [2.24, 2.45) is 5.41 Å². The average molecular weight is 411 g/mol. The summed E-state index contributed by atoms with van der Waals surface area (Å²) in [5, 5.41) is 15.6. The molecule has 2 aromatic rings. The number of carbonyl (C=O) groups excluding carboxylic acids is 1. The molecule has 1 aliphatic carbocycles. The van der Waals surface area contributed by atoms with Gasteiger partial charge in [0.25, 0.3) is 5.91 Å². The van der Waals surface area contributed by atoms with Crippen LogP contribution in [-0.2, 0) is 5.54 Å². The van der Waals surface area contributed by atoms with E-state index in [0.29, 0.717) is 17.8 Å². The number of H-pyrrole nitrogens is 1. The first-order chi connectivity index (χ1) is 14.1. The number of hydrogen-bond acceptors (Lipinski definition) is 4. The molecule has 0 saturated heterocycles. The van der Waals surface area contributed by atoms with E-state index in [4.69, 9.17) is 0 Å². The largest absolute Gasteiger partial charge is 0.395 e. The number of aromatic nitrogens is 2. The molecule has 1 heterocycles. The minimum Gasteiger partial charge on any atom is -0.395 e. The van der Waals surface area contributed by atoms with Crippen LogP contribution < -0.4 is 10.6 Å². The lowest BCUT2D eigenvalue weighted by Gasteiger charge is -2.31. The van der Waals surface area contributed by atoms with Gasteiger partial charge in [-0.2, -0.15) is 0 Å². The number of imidazole rings is 1. The molecule has 0 saturated carbocycles. The molecule has 1 amide bonds. The topological polar surface area (TPSA) is 90.0 Å². The Morgan fingerprint density at radius 1 is 1.33 bits per heavy atom. The summed E-state index contributed by atoms with van der Waals surface area (Å²) >= 11 is 0. The Labute approximate surface area is 179 Å². The van der Waals surface area contributed by atoms with Gasteiger partial charge in [0.2, 0.25) is 0 Å². The van der Waals surface area contributed by atoms with Gasteiger partial charge in [-0.05, 0) is 68.7 Å². The quantitative estimate of drug-likeness (QED) is 0.545. The van der Waals surface area contributed by atoms with Crippen molar-refractivity contribution in [3.8, 4) is 0 Å². The van der Waals surface area contributed by atoms with E-state index in [9.17, 15) is 9.90 Å². The molecule has 4 N–H and O–H groups in total. The number of rotatable bonds is 7. The maximum absolute atomic E-state index is 12.7. The van der Waals surface area contributed by atoms with Gasteiger partial charge < -0.3 is 20.7 Å². The van der Waals surface area contributed by atoms with Crippen LogP contribution in [-0.4, -0.2) is 34.1 Å². The number of anilines is 1. The van der Waals surface area contributed by atoms with Crippen molar-refractivity contribution in [1.82, 2.24) is 15.3 Å². The lowest BCUT2D eigenvalue weighted by Crippen LogP contribution is -2.38. The molecule has 0 fully saturated rings. The van der Waals surface area contributed by atoms with E-state index in [0.717, 1.165) is 41.8 Å². The Hall–Kier alpha value is -2.44. The summed E-state index contributed by atoms with van der Waals surface area (Å²) in [4.78, 5) is 19.9. The van der Waals surface area contributed by atoms with Gasteiger partial charge in [-0.25, -0.2) is 4.98 Å². The number of carbonyl (C=O) groups is 1. The van der Waals surface area contributed by atoms with Gasteiger partial charge in [0.05, 0.1) is 12.3 Å². The molecular formula is C24H34N4O2. The number of aliphatic hydroxyl groups is 1. The summed E-state index contributed by atoms with van der Waals surface area (Å²) in [5.74, 6) is 0.0673. The van der Waals surface area contributed by atoms with Gasteiger partial charge in [0, 0.05) is 29.5 Å². The predicted octanol–water partition coefficient (Wildman–Crippen LogP) is 4.38. The first-order valence-corrected chi connectivity index (χ1v) is 10.6. The van der Waals surface area contributed by atoms with Crippen LogP contribution in [0.1, 0.15) is 74.4 Å². The highest BCUT2D eigenvalue weighted by atomic mass is 16.3. The molecule has 0 bridgehead atoms. The minimum absolute atomic E-state index is 0.0905. The number of allylic oxidation sites excluding steroid dienone is 2. The molecule has 0 radical (unpaired) electrons. The first-order valence-electron chi connectivity index (χ1n) is 10.6. The summed E-state index contributed by atoms with van der Waals surface area (Å²) in [6.45, 7) is 11.3. The van der Waals surface area contributed by atoms with Crippen molar-refractivity contribution < 1.29 is 9.90 Å². The van der Waals surface area contributed by atoms with Crippen LogP contribution in [0, 0.1) is 12.3 Å². The van der Waals surface area contributed by atoms with Gasteiger partial charge in [0.1, 0.15) is 0 Å². The molecule has 30 heavy (non-hydrogen) atoms. The average Bonchev–Trinajstić information content (AvgIpc) is 3.13. The SMILES string of the molecule is Cc1c[nH]c(C(=O)Nc2ccc(C(C)(C)NCCO)cc2C2=CCC(C)(C)CC2)n1. The molecule has 0 spiro atoms. The summed E-state index contributed by atoms with van der Waals surface area (Å²) < 4.78 is 0. The number of aromatic amines is 1. The van der Waals surface area contributed by atoms with Crippen molar-refractivity contribution >= 4 is 17.2 Å². The Balaban J connectivity index is 1.97. The maximum atomic E-state index is 12.7. The third-order valence-electron chi connectivity index (χ3n) is 5.91. The van der Waals surface area contributed by atoms with E-state index in [1.807, 2.05) is 19.1 Å². The lowest BCUT2D eigenvalue weighted by atomic mass is 9.76. The molecular weight excluding hydrogens is 376 g/mol. The molecule has 3 rings (SSSR count). The van der Waals surface area contributed by atoms with Crippen LogP contribution in [0.5, 0.6) is 0 Å². The Kier molecular flexibility index (Phi) is 6.48. The van der Waals surface area contributed by atoms with E-state index in [1.54, 1.807) is 6.20 Å². The van der Waals surface area contributed by atoms with Gasteiger partial charge in [-0.15, -0.1) is 0 Å². The molecule has 0 aliphatic heterocycles. The number of aryl methyl sites for hydroxylation is 1. The number of benzene rings is 1. The smallest absolute Gasteiger partial charge is 0.291 e. The highest BCUT2D eigenvalue weighted by molar-refractivity contribution is 6.03. The highest BCUT2D eigenvalue weighted by Gasteiger charge is 2.26. The Morgan fingerprint density at radius 2 is 2.10 bits per heavy atom. The van der Waals surface area contributed by atoms with Gasteiger partial charge in [0.15, 0.2) is 5.82 Å². The maximum Gasteiger partial charge on any atom is 0.291 e. The second kappa shape index (κ2) is 8.74. The number of nitrogens with zero attached hydrogens (tertiary/aromatic N) is 1. The van der Waals surface area contributed by atoms with E-state index < -0.39 is 0 Å². The van der Waals surface area contributed by atoms with E-state index in [-0.39, 0.29) is 18.1 Å². The normalized spacial score (nSPS) is 16.3. The van der Waals surface area contributed by atoms with Gasteiger partial charge in [-0.1, -0.05) is 26.0 Å². The van der Waals surface area contributed by atoms with Crippen molar-refractivity contribution in [3.05, 3.63) is 53.1 Å². The van der Waals surface area contributed by atoms with Crippen molar-refractivity contribution in [2.75, 3.05) is 18.5 Å². The second-order valence-electron chi connectivity index (χ2n) is 9.48. The zero-order valence-corrected chi connectivity index (χ0v) is 18.7.